The molecule has 0 saturated carbocycles. The number of nitro benzene ring substituents is 1. The van der Waals surface area contributed by atoms with Crippen LogP contribution in [0.25, 0.3) is 0 Å². The zero-order chi connectivity index (χ0) is 16.3. The van der Waals surface area contributed by atoms with E-state index in [4.69, 9.17) is 16.3 Å². The van der Waals surface area contributed by atoms with E-state index in [1.165, 1.54) is 24.3 Å². The summed E-state index contributed by atoms with van der Waals surface area (Å²) in [7, 11) is 0. The molecule has 0 aliphatic heterocycles. The first-order valence-corrected chi connectivity index (χ1v) is 6.66. The Morgan fingerprint density at radius 1 is 1.32 bits per heavy atom. The molecule has 5 nitrogen and oxygen atoms in total. The summed E-state index contributed by atoms with van der Waals surface area (Å²) in [5, 5.41) is 10.7. The molecule has 0 aliphatic rings. The van der Waals surface area contributed by atoms with Gasteiger partial charge in [-0.05, 0) is 30.7 Å². The molecular weight excluding hydrogens is 313 g/mol. The topological polar surface area (TPSA) is 69.4 Å². The number of rotatable bonds is 4. The number of hydrogen-bond donors (Lipinski definition) is 0. The van der Waals surface area contributed by atoms with Gasteiger partial charge in [0, 0.05) is 12.1 Å². The van der Waals surface area contributed by atoms with Crippen molar-refractivity contribution >= 4 is 23.3 Å². The zero-order valence-electron chi connectivity index (χ0n) is 11.5. The molecule has 2 aromatic rings. The van der Waals surface area contributed by atoms with Gasteiger partial charge in [0.2, 0.25) is 0 Å². The fourth-order valence-electron chi connectivity index (χ4n) is 1.84. The number of carbonyl (C=O) groups excluding carboxylic acids is 1. The van der Waals surface area contributed by atoms with E-state index in [0.29, 0.717) is 5.56 Å². The van der Waals surface area contributed by atoms with Crippen LogP contribution in [0.5, 0.6) is 0 Å². The molecule has 0 bridgehead atoms. The van der Waals surface area contributed by atoms with Crippen molar-refractivity contribution in [1.29, 1.82) is 0 Å². The van der Waals surface area contributed by atoms with Gasteiger partial charge in [0.05, 0.1) is 15.5 Å². The highest BCUT2D eigenvalue weighted by Gasteiger charge is 2.18. The highest BCUT2D eigenvalue weighted by molar-refractivity contribution is 6.33. The quantitative estimate of drug-likeness (QED) is 0.477. The van der Waals surface area contributed by atoms with Gasteiger partial charge in [-0.3, -0.25) is 10.1 Å². The van der Waals surface area contributed by atoms with Gasteiger partial charge >= 0.3 is 5.97 Å². The summed E-state index contributed by atoms with van der Waals surface area (Å²) < 4.78 is 18.2. The lowest BCUT2D eigenvalue weighted by molar-refractivity contribution is -0.385. The van der Waals surface area contributed by atoms with E-state index in [1.54, 1.807) is 13.0 Å². The molecule has 2 aromatic carbocycles. The summed E-state index contributed by atoms with van der Waals surface area (Å²) in [6.45, 7) is 1.58. The number of ether oxygens (including phenoxy) is 1. The first-order chi connectivity index (χ1) is 10.4. The maximum absolute atomic E-state index is 13.0. The molecule has 0 aliphatic carbocycles. The normalized spacial score (nSPS) is 11.8. The highest BCUT2D eigenvalue weighted by atomic mass is 35.5. The molecule has 7 heteroatoms. The van der Waals surface area contributed by atoms with Crippen molar-refractivity contribution in [2.24, 2.45) is 0 Å². The number of benzene rings is 2. The lowest BCUT2D eigenvalue weighted by Crippen LogP contribution is -2.10. The Bertz CT molecular complexity index is 735. The standard InChI is InChI=1S/C15H11ClFNO4/c1-9(10-3-2-4-12(7-10)18(20)21)22-15(19)13-6-5-11(17)8-14(13)16/h2-9H,1H3. The van der Waals surface area contributed by atoms with Crippen LogP contribution in [0.1, 0.15) is 28.9 Å². The molecular formula is C15H11ClFNO4. The molecule has 0 spiro atoms. The van der Waals surface area contributed by atoms with E-state index in [9.17, 15) is 19.3 Å². The fourth-order valence-corrected chi connectivity index (χ4v) is 2.08. The lowest BCUT2D eigenvalue weighted by atomic mass is 10.1. The molecule has 0 radical (unpaired) electrons. The van der Waals surface area contributed by atoms with Gasteiger partial charge in [-0.2, -0.15) is 0 Å². The maximum atomic E-state index is 13.0. The molecule has 0 amide bonds. The van der Waals surface area contributed by atoms with E-state index in [0.717, 1.165) is 12.1 Å². The van der Waals surface area contributed by atoms with Crippen molar-refractivity contribution in [1.82, 2.24) is 0 Å². The van der Waals surface area contributed by atoms with Crippen molar-refractivity contribution in [3.63, 3.8) is 0 Å². The van der Waals surface area contributed by atoms with Crippen LogP contribution < -0.4 is 0 Å². The number of non-ortho nitro benzene ring substituents is 1. The van der Waals surface area contributed by atoms with Crippen molar-refractivity contribution in [2.45, 2.75) is 13.0 Å². The van der Waals surface area contributed by atoms with E-state index in [2.05, 4.69) is 0 Å². The first kappa shape index (κ1) is 15.9. The second kappa shape index (κ2) is 6.53. The first-order valence-electron chi connectivity index (χ1n) is 6.29. The summed E-state index contributed by atoms with van der Waals surface area (Å²) in [6.07, 6.45) is -0.714. The van der Waals surface area contributed by atoms with Crippen LogP contribution in [-0.4, -0.2) is 10.9 Å². The highest BCUT2D eigenvalue weighted by Crippen LogP contribution is 2.25. The molecule has 1 atom stereocenters. The molecule has 1 unspecified atom stereocenters. The van der Waals surface area contributed by atoms with Crippen molar-refractivity contribution in [3.8, 4) is 0 Å². The van der Waals surface area contributed by atoms with Gasteiger partial charge in [-0.25, -0.2) is 9.18 Å². The maximum Gasteiger partial charge on any atom is 0.340 e. The number of nitrogens with zero attached hydrogens (tertiary/aromatic N) is 1. The van der Waals surface area contributed by atoms with Crippen molar-refractivity contribution in [2.75, 3.05) is 0 Å². The van der Waals surface area contributed by atoms with E-state index in [-0.39, 0.29) is 16.3 Å². The molecule has 2 rings (SSSR count). The summed E-state index contributed by atoms with van der Waals surface area (Å²) in [5.41, 5.74) is 0.404. The third-order valence-corrected chi connectivity index (χ3v) is 3.30. The molecule has 0 N–H and O–H groups in total. The summed E-state index contributed by atoms with van der Waals surface area (Å²) in [6, 6.07) is 9.11. The average Bonchev–Trinajstić information content (AvgIpc) is 2.47. The Hall–Kier alpha value is -2.47. The molecule has 114 valence electrons. The Balaban J connectivity index is 2.17. The summed E-state index contributed by atoms with van der Waals surface area (Å²) in [4.78, 5) is 22.2. The predicted octanol–water partition coefficient (Wildman–Crippen LogP) is 4.31. The van der Waals surface area contributed by atoms with Gasteiger partial charge in [0.25, 0.3) is 5.69 Å². The fraction of sp³-hybridized carbons (Fsp3) is 0.133. The van der Waals surface area contributed by atoms with Crippen LogP contribution >= 0.6 is 11.6 Å². The SMILES string of the molecule is CC(OC(=O)c1ccc(F)cc1Cl)c1cccc([N+](=O)[O-])c1. The smallest absolute Gasteiger partial charge is 0.340 e. The Morgan fingerprint density at radius 2 is 2.05 bits per heavy atom. The summed E-state index contributed by atoms with van der Waals surface area (Å²) in [5.74, 6) is -1.29. The third-order valence-electron chi connectivity index (χ3n) is 2.99. The number of nitro groups is 1. The molecule has 0 aromatic heterocycles. The second-order valence-corrected chi connectivity index (χ2v) is 4.93. The third kappa shape index (κ3) is 3.59. The minimum absolute atomic E-state index is 0.0281. The van der Waals surface area contributed by atoms with Crippen LogP contribution in [-0.2, 0) is 4.74 Å². The lowest BCUT2D eigenvalue weighted by Gasteiger charge is -2.14. The van der Waals surface area contributed by atoms with Crippen LogP contribution in [0.4, 0.5) is 10.1 Å². The van der Waals surface area contributed by atoms with Crippen LogP contribution in [0.2, 0.25) is 5.02 Å². The van der Waals surface area contributed by atoms with Gasteiger partial charge < -0.3 is 4.74 Å². The van der Waals surface area contributed by atoms with Gasteiger partial charge in [0.1, 0.15) is 11.9 Å². The number of hydrogen-bond acceptors (Lipinski definition) is 4. The van der Waals surface area contributed by atoms with Crippen molar-refractivity contribution in [3.05, 3.63) is 74.5 Å². The Kier molecular flexibility index (Phi) is 4.72. The molecule has 0 heterocycles. The Labute approximate surface area is 130 Å². The zero-order valence-corrected chi connectivity index (χ0v) is 12.2. The van der Waals surface area contributed by atoms with Crippen molar-refractivity contribution < 1.29 is 18.8 Å². The minimum atomic E-state index is -0.732. The second-order valence-electron chi connectivity index (χ2n) is 4.52. The monoisotopic (exact) mass is 323 g/mol. The van der Waals surface area contributed by atoms with E-state index < -0.39 is 22.8 Å². The van der Waals surface area contributed by atoms with Gasteiger partial charge in [-0.1, -0.05) is 23.7 Å². The van der Waals surface area contributed by atoms with Gasteiger partial charge in [-0.15, -0.1) is 0 Å². The van der Waals surface area contributed by atoms with Crippen LogP contribution in [0, 0.1) is 15.9 Å². The molecule has 22 heavy (non-hydrogen) atoms. The number of halogens is 2. The van der Waals surface area contributed by atoms with E-state index in [1.807, 2.05) is 0 Å². The predicted molar refractivity (Wildman–Crippen MR) is 78.3 cm³/mol. The Morgan fingerprint density at radius 3 is 2.68 bits per heavy atom. The largest absolute Gasteiger partial charge is 0.454 e. The number of esters is 1. The van der Waals surface area contributed by atoms with Gasteiger partial charge in [0.15, 0.2) is 0 Å². The van der Waals surface area contributed by atoms with Crippen LogP contribution in [0.15, 0.2) is 42.5 Å². The number of carbonyl (C=O) groups is 1. The minimum Gasteiger partial charge on any atom is -0.454 e. The van der Waals surface area contributed by atoms with Crippen LogP contribution in [0.3, 0.4) is 0 Å². The molecule has 0 saturated heterocycles. The summed E-state index contributed by atoms with van der Waals surface area (Å²) >= 11 is 5.79. The average molecular weight is 324 g/mol. The molecule has 0 fully saturated rings. The van der Waals surface area contributed by atoms with E-state index >= 15 is 0 Å².